The van der Waals surface area contributed by atoms with Crippen LogP contribution in [0.4, 0.5) is 0 Å². The number of hydrogen-bond acceptors (Lipinski definition) is 4. The molecule has 0 bridgehead atoms. The Labute approximate surface area is 133 Å². The second kappa shape index (κ2) is 7.05. The molecule has 0 aromatic heterocycles. The van der Waals surface area contributed by atoms with Crippen LogP contribution in [-0.2, 0) is 6.61 Å². The molecule has 0 saturated heterocycles. The molecule has 4 nitrogen and oxygen atoms in total. The van der Waals surface area contributed by atoms with Crippen molar-refractivity contribution < 1.29 is 19.5 Å². The van der Waals surface area contributed by atoms with Crippen LogP contribution in [-0.4, -0.2) is 24.3 Å². The van der Waals surface area contributed by atoms with Gasteiger partial charge in [-0.3, -0.25) is 0 Å². The van der Waals surface area contributed by atoms with E-state index >= 15 is 0 Å². The Morgan fingerprint density at radius 1 is 1.10 bits per heavy atom. The van der Waals surface area contributed by atoms with Crippen molar-refractivity contribution in [1.82, 2.24) is 0 Å². The Morgan fingerprint density at radius 2 is 1.76 bits per heavy atom. The van der Waals surface area contributed by atoms with Gasteiger partial charge in [0, 0.05) is 5.56 Å². The van der Waals surface area contributed by atoms with E-state index in [4.69, 9.17) is 32.7 Å². The van der Waals surface area contributed by atoms with Crippen LogP contribution in [0.15, 0.2) is 36.4 Å². The summed E-state index contributed by atoms with van der Waals surface area (Å²) in [6, 6.07) is 9.87. The lowest BCUT2D eigenvalue weighted by atomic mass is 9.79. The van der Waals surface area contributed by atoms with Crippen molar-refractivity contribution in [3.63, 3.8) is 0 Å². The monoisotopic (exact) mass is 326 g/mol. The van der Waals surface area contributed by atoms with E-state index in [0.29, 0.717) is 32.6 Å². The molecule has 2 aromatic carbocycles. The molecule has 0 aliphatic carbocycles. The fraction of sp³-hybridized carbons (Fsp3) is 0.143. The van der Waals surface area contributed by atoms with Crippen molar-refractivity contribution in [2.45, 2.75) is 6.61 Å². The lowest BCUT2D eigenvalue weighted by Gasteiger charge is -2.13. The fourth-order valence-electron chi connectivity index (χ4n) is 1.84. The highest BCUT2D eigenvalue weighted by molar-refractivity contribution is 6.58. The SMILES string of the molecule is COc1ccc(B(O)O)cc1COc1c(Cl)cccc1Cl. The van der Waals surface area contributed by atoms with Gasteiger partial charge < -0.3 is 19.5 Å². The van der Waals surface area contributed by atoms with E-state index in [1.165, 1.54) is 7.11 Å². The number of para-hydroxylation sites is 1. The maximum Gasteiger partial charge on any atom is 0.488 e. The van der Waals surface area contributed by atoms with Crippen LogP contribution in [0.1, 0.15) is 5.56 Å². The summed E-state index contributed by atoms with van der Waals surface area (Å²) in [5, 5.41) is 19.2. The van der Waals surface area contributed by atoms with E-state index in [9.17, 15) is 10.0 Å². The van der Waals surface area contributed by atoms with E-state index in [2.05, 4.69) is 0 Å². The summed E-state index contributed by atoms with van der Waals surface area (Å²) >= 11 is 12.1. The Morgan fingerprint density at radius 3 is 2.33 bits per heavy atom. The molecule has 2 aromatic rings. The van der Waals surface area contributed by atoms with Crippen molar-refractivity contribution in [2.75, 3.05) is 7.11 Å². The van der Waals surface area contributed by atoms with E-state index in [-0.39, 0.29) is 6.61 Å². The highest BCUT2D eigenvalue weighted by Crippen LogP contribution is 2.33. The summed E-state index contributed by atoms with van der Waals surface area (Å²) in [5.41, 5.74) is 0.999. The Bertz CT molecular complexity index is 614. The van der Waals surface area contributed by atoms with E-state index in [1.807, 2.05) is 0 Å². The van der Waals surface area contributed by atoms with Crippen LogP contribution in [0.2, 0.25) is 10.0 Å². The molecule has 0 radical (unpaired) electrons. The molecule has 0 saturated carbocycles. The molecule has 0 heterocycles. The van der Waals surface area contributed by atoms with Gasteiger partial charge in [-0.05, 0) is 23.7 Å². The van der Waals surface area contributed by atoms with Gasteiger partial charge in [0.15, 0.2) is 5.75 Å². The second-order valence-electron chi connectivity index (χ2n) is 4.28. The highest BCUT2D eigenvalue weighted by Gasteiger charge is 2.15. The molecule has 7 heteroatoms. The molecule has 0 spiro atoms. The van der Waals surface area contributed by atoms with Crippen molar-refractivity contribution in [3.8, 4) is 11.5 Å². The molecule has 0 aliphatic rings. The van der Waals surface area contributed by atoms with Gasteiger partial charge in [-0.25, -0.2) is 0 Å². The van der Waals surface area contributed by atoms with Gasteiger partial charge in [0.2, 0.25) is 0 Å². The second-order valence-corrected chi connectivity index (χ2v) is 5.10. The minimum Gasteiger partial charge on any atom is -0.496 e. The normalized spacial score (nSPS) is 10.3. The molecule has 0 unspecified atom stereocenters. The molecule has 0 amide bonds. The van der Waals surface area contributed by atoms with Gasteiger partial charge in [-0.15, -0.1) is 0 Å². The average Bonchev–Trinajstić information content (AvgIpc) is 2.46. The molecule has 0 atom stereocenters. The predicted octanol–water partition coefficient (Wildman–Crippen LogP) is 2.26. The lowest BCUT2D eigenvalue weighted by molar-refractivity contribution is 0.297. The zero-order chi connectivity index (χ0) is 15.4. The zero-order valence-electron chi connectivity index (χ0n) is 11.2. The summed E-state index contributed by atoms with van der Waals surface area (Å²) in [6.07, 6.45) is 0. The van der Waals surface area contributed by atoms with Gasteiger partial charge in [0.1, 0.15) is 12.4 Å². The molecule has 21 heavy (non-hydrogen) atoms. The molecule has 0 aliphatic heterocycles. The summed E-state index contributed by atoms with van der Waals surface area (Å²) in [5.74, 6) is 0.945. The first-order chi connectivity index (χ1) is 10.0. The number of ether oxygens (including phenoxy) is 2. The number of hydrogen-bond donors (Lipinski definition) is 2. The van der Waals surface area contributed by atoms with Gasteiger partial charge in [0.25, 0.3) is 0 Å². The van der Waals surface area contributed by atoms with Crippen LogP contribution >= 0.6 is 23.2 Å². The third-order valence-corrected chi connectivity index (χ3v) is 3.49. The minimum absolute atomic E-state index is 0.132. The first-order valence-corrected chi connectivity index (χ1v) is 6.88. The van der Waals surface area contributed by atoms with E-state index in [1.54, 1.807) is 36.4 Å². The predicted molar refractivity (Wildman–Crippen MR) is 83.6 cm³/mol. The molecule has 0 fully saturated rings. The molecular formula is C14H13BCl2O4. The molecular weight excluding hydrogens is 314 g/mol. The van der Waals surface area contributed by atoms with Crippen LogP contribution in [0.5, 0.6) is 11.5 Å². The maximum atomic E-state index is 9.22. The first-order valence-electron chi connectivity index (χ1n) is 6.12. The Kier molecular flexibility index (Phi) is 5.36. The van der Waals surface area contributed by atoms with Crippen molar-refractivity contribution in [3.05, 3.63) is 52.0 Å². The van der Waals surface area contributed by atoms with E-state index in [0.717, 1.165) is 0 Å². The van der Waals surface area contributed by atoms with Crippen molar-refractivity contribution in [2.24, 2.45) is 0 Å². The standard InChI is InChI=1S/C14H13BCl2O4/c1-20-13-6-5-10(15(18)19)7-9(13)8-21-14-11(16)3-2-4-12(14)17/h2-7,18-19H,8H2,1H3. The molecule has 110 valence electrons. The lowest BCUT2D eigenvalue weighted by Crippen LogP contribution is -2.30. The largest absolute Gasteiger partial charge is 0.496 e. The number of halogens is 2. The summed E-state index contributed by atoms with van der Waals surface area (Å²) in [4.78, 5) is 0. The Balaban J connectivity index is 2.24. The van der Waals surface area contributed by atoms with Gasteiger partial charge in [0.05, 0.1) is 17.2 Å². The molecule has 2 rings (SSSR count). The smallest absolute Gasteiger partial charge is 0.488 e. The minimum atomic E-state index is -1.56. The topological polar surface area (TPSA) is 58.9 Å². The van der Waals surface area contributed by atoms with Crippen LogP contribution < -0.4 is 14.9 Å². The van der Waals surface area contributed by atoms with Crippen molar-refractivity contribution >= 4 is 35.8 Å². The first kappa shape index (κ1) is 16.0. The van der Waals surface area contributed by atoms with Crippen LogP contribution in [0.3, 0.4) is 0 Å². The van der Waals surface area contributed by atoms with Crippen LogP contribution in [0.25, 0.3) is 0 Å². The molecule has 2 N–H and O–H groups in total. The number of methoxy groups -OCH3 is 1. The summed E-state index contributed by atoms with van der Waals surface area (Å²) < 4.78 is 10.8. The fourth-order valence-corrected chi connectivity index (χ4v) is 2.35. The number of benzene rings is 2. The highest BCUT2D eigenvalue weighted by atomic mass is 35.5. The van der Waals surface area contributed by atoms with Gasteiger partial charge in [-0.2, -0.15) is 0 Å². The maximum absolute atomic E-state index is 9.22. The van der Waals surface area contributed by atoms with Crippen LogP contribution in [0, 0.1) is 0 Å². The van der Waals surface area contributed by atoms with Gasteiger partial charge >= 0.3 is 7.12 Å². The average molecular weight is 327 g/mol. The number of rotatable bonds is 5. The summed E-state index contributed by atoms with van der Waals surface area (Å²) in [7, 11) is -0.0327. The summed E-state index contributed by atoms with van der Waals surface area (Å²) in [6.45, 7) is 0.132. The zero-order valence-corrected chi connectivity index (χ0v) is 12.7. The Hall–Kier alpha value is -1.40. The third kappa shape index (κ3) is 3.83. The quantitative estimate of drug-likeness (QED) is 0.827. The third-order valence-electron chi connectivity index (χ3n) is 2.89. The van der Waals surface area contributed by atoms with Crippen molar-refractivity contribution in [1.29, 1.82) is 0 Å². The van der Waals surface area contributed by atoms with Gasteiger partial charge in [-0.1, -0.05) is 41.4 Å². The van der Waals surface area contributed by atoms with E-state index < -0.39 is 7.12 Å².